The normalized spacial score (nSPS) is 15.3. The fourth-order valence-corrected chi connectivity index (χ4v) is 4.94. The molecule has 1 aliphatic heterocycles. The Morgan fingerprint density at radius 3 is 2.40 bits per heavy atom. The van der Waals surface area contributed by atoms with Crippen molar-refractivity contribution in [3.05, 3.63) is 96.4 Å². The van der Waals surface area contributed by atoms with Gasteiger partial charge in [-0.15, -0.1) is 0 Å². The van der Waals surface area contributed by atoms with Crippen molar-refractivity contribution in [2.45, 2.75) is 25.4 Å². The van der Waals surface area contributed by atoms with Gasteiger partial charge in [-0.1, -0.05) is 12.1 Å². The van der Waals surface area contributed by atoms with Crippen LogP contribution in [-0.4, -0.2) is 64.5 Å². The third-order valence-electron chi connectivity index (χ3n) is 6.93. The number of carbonyl (C=O) groups excluding carboxylic acids is 1. The molecular formula is C31H32N4O5. The maximum Gasteiger partial charge on any atom is 0.335 e. The van der Waals surface area contributed by atoms with E-state index in [0.29, 0.717) is 34.7 Å². The number of benzene rings is 3. The lowest BCUT2D eigenvalue weighted by Crippen LogP contribution is -2.41. The van der Waals surface area contributed by atoms with Gasteiger partial charge in [-0.3, -0.25) is 14.6 Å². The van der Waals surface area contributed by atoms with Crippen molar-refractivity contribution in [3.8, 4) is 23.0 Å². The fraction of sp³-hybridized carbons (Fsp3) is 0.258. The average molecular weight is 541 g/mol. The standard InChI is InChI=1S/C31H32N4O5/c1-34(20-26-3-2-17-35(26)19-22-4-6-24(7-5-22)31(37)38)21-29(36)33-25-10-14-28(15-11-25)40-27-12-8-23(9-13-27)30-32-16-18-39-30/h4-16,18,26H,2-3,17,19-21H2,1H3,(H,33,36)(H,37,38)/t26-/m1/s1. The van der Waals surface area contributed by atoms with Gasteiger partial charge in [-0.05, 0) is 92.7 Å². The number of carboxylic acid groups (broad SMARTS) is 1. The van der Waals surface area contributed by atoms with Crippen molar-refractivity contribution >= 4 is 17.6 Å². The molecule has 4 aromatic rings. The van der Waals surface area contributed by atoms with Crippen molar-refractivity contribution in [2.24, 2.45) is 0 Å². The number of nitrogens with one attached hydrogen (secondary N) is 1. The number of rotatable bonds is 11. The number of anilines is 1. The molecule has 0 radical (unpaired) electrons. The van der Waals surface area contributed by atoms with Crippen molar-refractivity contribution < 1.29 is 23.8 Å². The van der Waals surface area contributed by atoms with Crippen molar-refractivity contribution in [1.29, 1.82) is 0 Å². The van der Waals surface area contributed by atoms with Crippen LogP contribution in [0, 0.1) is 0 Å². The number of ether oxygens (including phenoxy) is 1. The molecule has 3 aromatic carbocycles. The highest BCUT2D eigenvalue weighted by Crippen LogP contribution is 2.26. The van der Waals surface area contributed by atoms with E-state index in [2.05, 4.69) is 15.2 Å². The van der Waals surface area contributed by atoms with Crippen LogP contribution in [0.1, 0.15) is 28.8 Å². The summed E-state index contributed by atoms with van der Waals surface area (Å²) in [6, 6.07) is 22.2. The molecule has 0 bridgehead atoms. The van der Waals surface area contributed by atoms with Crippen molar-refractivity contribution in [1.82, 2.24) is 14.8 Å². The zero-order valence-electron chi connectivity index (χ0n) is 22.3. The first-order chi connectivity index (χ1) is 19.4. The van der Waals surface area contributed by atoms with Gasteiger partial charge in [0.2, 0.25) is 11.8 Å². The third-order valence-corrected chi connectivity index (χ3v) is 6.93. The second-order valence-corrected chi connectivity index (χ2v) is 10.0. The van der Waals surface area contributed by atoms with Crippen LogP contribution in [0.15, 0.2) is 89.7 Å². The zero-order valence-corrected chi connectivity index (χ0v) is 22.3. The molecule has 1 amide bonds. The van der Waals surface area contributed by atoms with E-state index >= 15 is 0 Å². The molecule has 206 valence electrons. The number of aromatic nitrogens is 1. The lowest BCUT2D eigenvalue weighted by Gasteiger charge is -2.28. The summed E-state index contributed by atoms with van der Waals surface area (Å²) in [6.07, 6.45) is 5.33. The Morgan fingerprint density at radius 2 is 1.75 bits per heavy atom. The van der Waals surface area contributed by atoms with Gasteiger partial charge in [0.15, 0.2) is 0 Å². The highest BCUT2D eigenvalue weighted by Gasteiger charge is 2.26. The molecule has 1 fully saturated rings. The van der Waals surface area contributed by atoms with Crippen molar-refractivity contribution in [3.63, 3.8) is 0 Å². The number of oxazole rings is 1. The van der Waals surface area contributed by atoms with Crippen LogP contribution in [0.25, 0.3) is 11.5 Å². The lowest BCUT2D eigenvalue weighted by atomic mass is 10.1. The Hall–Kier alpha value is -4.47. The molecule has 9 nitrogen and oxygen atoms in total. The largest absolute Gasteiger partial charge is 0.478 e. The smallest absolute Gasteiger partial charge is 0.335 e. The van der Waals surface area contributed by atoms with Crippen LogP contribution >= 0.6 is 0 Å². The quantitative estimate of drug-likeness (QED) is 0.262. The molecule has 0 saturated carbocycles. The van der Waals surface area contributed by atoms with Gasteiger partial charge in [-0.2, -0.15) is 0 Å². The number of carbonyl (C=O) groups is 2. The van der Waals surface area contributed by atoms with Crippen LogP contribution < -0.4 is 10.1 Å². The highest BCUT2D eigenvalue weighted by atomic mass is 16.5. The Kier molecular flexibility index (Phi) is 8.53. The minimum Gasteiger partial charge on any atom is -0.478 e. The number of amides is 1. The number of likely N-dealkylation sites (tertiary alicyclic amines) is 1. The molecule has 2 N–H and O–H groups in total. The molecule has 40 heavy (non-hydrogen) atoms. The van der Waals surface area contributed by atoms with Crippen LogP contribution in [0.5, 0.6) is 11.5 Å². The summed E-state index contributed by atoms with van der Waals surface area (Å²) in [7, 11) is 1.96. The molecule has 1 aliphatic rings. The number of likely N-dealkylation sites (N-methyl/N-ethyl adjacent to an activating group) is 1. The summed E-state index contributed by atoms with van der Waals surface area (Å²) < 4.78 is 11.2. The molecule has 1 saturated heterocycles. The number of hydrogen-bond donors (Lipinski definition) is 2. The van der Waals surface area contributed by atoms with Crippen LogP contribution in [0.2, 0.25) is 0 Å². The van der Waals surface area contributed by atoms with Gasteiger partial charge in [0.25, 0.3) is 0 Å². The SMILES string of the molecule is CN(CC(=O)Nc1ccc(Oc2ccc(-c3ncco3)cc2)cc1)C[C@H]1CCCN1Cc1ccc(C(=O)O)cc1. The molecule has 1 aromatic heterocycles. The van der Waals surface area contributed by atoms with E-state index < -0.39 is 5.97 Å². The molecule has 9 heteroatoms. The first kappa shape index (κ1) is 27.1. The van der Waals surface area contributed by atoms with Gasteiger partial charge < -0.3 is 19.6 Å². The molecule has 0 spiro atoms. The average Bonchev–Trinajstić information content (AvgIpc) is 3.63. The lowest BCUT2D eigenvalue weighted by molar-refractivity contribution is -0.117. The molecule has 5 rings (SSSR count). The Labute approximate surface area is 233 Å². The second-order valence-electron chi connectivity index (χ2n) is 10.0. The molecular weight excluding hydrogens is 508 g/mol. The van der Waals surface area contributed by atoms with Crippen molar-refractivity contribution in [2.75, 3.05) is 32.0 Å². The van der Waals surface area contributed by atoms with E-state index in [0.717, 1.165) is 43.6 Å². The van der Waals surface area contributed by atoms with Gasteiger partial charge in [0, 0.05) is 30.4 Å². The van der Waals surface area contributed by atoms with Gasteiger partial charge in [0.1, 0.15) is 17.8 Å². The van der Waals surface area contributed by atoms with E-state index in [9.17, 15) is 9.59 Å². The number of hydrogen-bond acceptors (Lipinski definition) is 7. The molecule has 1 atom stereocenters. The first-order valence-electron chi connectivity index (χ1n) is 13.3. The molecule has 0 unspecified atom stereocenters. The van der Waals surface area contributed by atoms with Crippen LogP contribution in [0.3, 0.4) is 0 Å². The predicted molar refractivity (Wildman–Crippen MR) is 151 cm³/mol. The Bertz CT molecular complexity index is 1400. The van der Waals surface area contributed by atoms with E-state index in [-0.39, 0.29) is 12.5 Å². The summed E-state index contributed by atoms with van der Waals surface area (Å²) in [6.45, 7) is 2.82. The summed E-state index contributed by atoms with van der Waals surface area (Å²) in [4.78, 5) is 32.4. The summed E-state index contributed by atoms with van der Waals surface area (Å²) in [5.74, 6) is 0.917. The van der Waals surface area contributed by atoms with E-state index in [1.165, 1.54) is 6.26 Å². The van der Waals surface area contributed by atoms with Crippen LogP contribution in [-0.2, 0) is 11.3 Å². The number of nitrogens with zero attached hydrogens (tertiary/aromatic N) is 3. The maximum absolute atomic E-state index is 12.7. The number of carboxylic acids is 1. The number of aromatic carboxylic acids is 1. The molecule has 2 heterocycles. The topological polar surface area (TPSA) is 108 Å². The fourth-order valence-electron chi connectivity index (χ4n) is 4.94. The first-order valence-corrected chi connectivity index (χ1v) is 13.3. The van der Waals surface area contributed by atoms with E-state index in [1.54, 1.807) is 18.3 Å². The summed E-state index contributed by atoms with van der Waals surface area (Å²) >= 11 is 0. The Balaban J connectivity index is 1.07. The van der Waals surface area contributed by atoms with Crippen LogP contribution in [0.4, 0.5) is 5.69 Å². The summed E-state index contributed by atoms with van der Waals surface area (Å²) in [5.41, 5.74) is 2.96. The zero-order chi connectivity index (χ0) is 27.9. The highest BCUT2D eigenvalue weighted by molar-refractivity contribution is 5.92. The minimum absolute atomic E-state index is 0.0768. The van der Waals surface area contributed by atoms with Gasteiger partial charge in [-0.25, -0.2) is 9.78 Å². The minimum atomic E-state index is -0.916. The maximum atomic E-state index is 12.7. The summed E-state index contributed by atoms with van der Waals surface area (Å²) in [5, 5.41) is 12.1. The van der Waals surface area contributed by atoms with Gasteiger partial charge in [0.05, 0.1) is 18.3 Å². The molecule has 0 aliphatic carbocycles. The second kappa shape index (κ2) is 12.6. The predicted octanol–water partition coefficient (Wildman–Crippen LogP) is 5.37. The Morgan fingerprint density at radius 1 is 1.05 bits per heavy atom. The third kappa shape index (κ3) is 7.13. The van der Waals surface area contributed by atoms with E-state index in [1.807, 2.05) is 72.6 Å². The van der Waals surface area contributed by atoms with E-state index in [4.69, 9.17) is 14.3 Å². The van der Waals surface area contributed by atoms with Gasteiger partial charge >= 0.3 is 5.97 Å². The monoisotopic (exact) mass is 540 g/mol.